The zero-order valence-electron chi connectivity index (χ0n) is 32.8. The number of hydrogen-bond acceptors (Lipinski definition) is 10. The summed E-state index contributed by atoms with van der Waals surface area (Å²) in [7, 11) is 0. The molecule has 2 fully saturated rings. The van der Waals surface area contributed by atoms with Crippen LogP contribution < -0.4 is 18.9 Å². The molecule has 0 atom stereocenters. The van der Waals surface area contributed by atoms with E-state index in [9.17, 15) is 19.2 Å². The lowest BCUT2D eigenvalue weighted by molar-refractivity contribution is -0.145. The fraction of sp³-hybridized carbons (Fsp3) is 0.265. The highest BCUT2D eigenvalue weighted by Crippen LogP contribution is 2.37. The van der Waals surface area contributed by atoms with E-state index in [4.69, 9.17) is 18.9 Å². The average Bonchev–Trinajstić information content (AvgIpc) is 3.59. The Labute approximate surface area is 342 Å². The second-order valence-electron chi connectivity index (χ2n) is 15.4. The number of carbonyl (C=O) groups excluding carboxylic acids is 4. The number of fused-ring (bicyclic) bond motifs is 3. The first-order valence-corrected chi connectivity index (χ1v) is 20.2. The lowest BCUT2D eigenvalue weighted by Gasteiger charge is -2.26. The molecule has 0 radical (unpaired) electrons. The van der Waals surface area contributed by atoms with Crippen LogP contribution in [0.5, 0.6) is 23.0 Å². The number of ether oxygens (including phenoxy) is 4. The van der Waals surface area contributed by atoms with Crippen LogP contribution in [0, 0.1) is 30.6 Å². The minimum absolute atomic E-state index is 0.240. The van der Waals surface area contributed by atoms with E-state index in [1.165, 1.54) is 6.21 Å². The van der Waals surface area contributed by atoms with Crippen molar-refractivity contribution in [3.8, 4) is 34.1 Å². The third-order valence-electron chi connectivity index (χ3n) is 11.4. The van der Waals surface area contributed by atoms with E-state index < -0.39 is 17.9 Å². The minimum Gasteiger partial charge on any atom is -0.426 e. The predicted octanol–water partition coefficient (Wildman–Crippen LogP) is 9.48. The van der Waals surface area contributed by atoms with Gasteiger partial charge in [-0.25, -0.2) is 0 Å². The van der Waals surface area contributed by atoms with Gasteiger partial charge in [0.2, 0.25) is 0 Å². The molecule has 0 saturated heterocycles. The van der Waals surface area contributed by atoms with Gasteiger partial charge in [0.1, 0.15) is 28.7 Å². The summed E-state index contributed by atoms with van der Waals surface area (Å²) in [4.78, 5) is 52.7. The second-order valence-corrected chi connectivity index (χ2v) is 15.4. The van der Waals surface area contributed by atoms with Gasteiger partial charge < -0.3 is 18.9 Å². The minimum atomic E-state index is -0.415. The smallest absolute Gasteiger partial charge is 0.314 e. The third-order valence-corrected chi connectivity index (χ3v) is 11.4. The maximum absolute atomic E-state index is 13.6. The largest absolute Gasteiger partial charge is 0.426 e. The highest BCUT2D eigenvalue weighted by molar-refractivity contribution is 6.24. The van der Waals surface area contributed by atoms with E-state index >= 15 is 0 Å². The lowest BCUT2D eigenvalue weighted by Crippen LogP contribution is -2.30. The average molecular weight is 789 g/mol. The summed E-state index contributed by atoms with van der Waals surface area (Å²) in [6.07, 6.45) is 5.47. The monoisotopic (exact) mass is 788 g/mol. The first-order valence-electron chi connectivity index (χ1n) is 20.2. The molecule has 0 N–H and O–H groups in total. The standard InChI is InChI=1S/C49H44N2O8/c1-31-15-25-38(26-16-31)57-47(53)33-21-23-35(24-22-33)49(55)59-44-28-27-39(58-48(54)34-19-17-32(18-20-34)46(52)56-37-9-3-2-4-10-37)29-36(44)30-50-51-45-42-13-7-5-11-40(42)41-12-6-8-14-43(41)45/h2-16,25-30,32-35H,17-24H2,1H3/b50-30+. The van der Waals surface area contributed by atoms with Crippen molar-refractivity contribution < 1.29 is 38.1 Å². The van der Waals surface area contributed by atoms with E-state index in [0.29, 0.717) is 68.4 Å². The first-order chi connectivity index (χ1) is 28.8. The van der Waals surface area contributed by atoms with Crippen LogP contribution in [0.15, 0.2) is 132 Å². The summed E-state index contributed by atoms with van der Waals surface area (Å²) < 4.78 is 23.0. The van der Waals surface area contributed by atoms with Gasteiger partial charge in [0, 0.05) is 16.7 Å². The summed E-state index contributed by atoms with van der Waals surface area (Å²) in [5.41, 5.74) is 6.25. The predicted molar refractivity (Wildman–Crippen MR) is 223 cm³/mol. The maximum atomic E-state index is 13.6. The molecule has 0 aromatic heterocycles. The van der Waals surface area contributed by atoms with Crippen LogP contribution in [0.25, 0.3) is 11.1 Å². The molecule has 0 amide bonds. The van der Waals surface area contributed by atoms with Crippen molar-refractivity contribution in [3.05, 3.63) is 144 Å². The van der Waals surface area contributed by atoms with Gasteiger partial charge in [-0.2, -0.15) is 5.10 Å². The maximum Gasteiger partial charge on any atom is 0.314 e. The van der Waals surface area contributed by atoms with E-state index in [2.05, 4.69) is 22.3 Å². The van der Waals surface area contributed by atoms with E-state index in [0.717, 1.165) is 33.5 Å². The van der Waals surface area contributed by atoms with Crippen molar-refractivity contribution >= 4 is 35.8 Å². The van der Waals surface area contributed by atoms with E-state index in [1.54, 1.807) is 42.5 Å². The van der Waals surface area contributed by atoms with Crippen molar-refractivity contribution in [2.24, 2.45) is 33.9 Å². The lowest BCUT2D eigenvalue weighted by atomic mass is 9.82. The number of benzene rings is 5. The van der Waals surface area contributed by atoms with Gasteiger partial charge in [-0.1, -0.05) is 84.4 Å². The van der Waals surface area contributed by atoms with Gasteiger partial charge in [0.05, 0.1) is 29.9 Å². The van der Waals surface area contributed by atoms with Crippen molar-refractivity contribution in [3.63, 3.8) is 0 Å². The summed E-state index contributed by atoms with van der Waals surface area (Å²) in [6, 6.07) is 37.1. The second kappa shape index (κ2) is 17.9. The van der Waals surface area contributed by atoms with Crippen LogP contribution in [-0.4, -0.2) is 35.8 Å². The summed E-state index contributed by atoms with van der Waals surface area (Å²) >= 11 is 0. The molecule has 298 valence electrons. The van der Waals surface area contributed by atoms with Crippen LogP contribution in [0.3, 0.4) is 0 Å². The van der Waals surface area contributed by atoms with Crippen LogP contribution in [0.4, 0.5) is 0 Å². The molecule has 0 unspecified atom stereocenters. The van der Waals surface area contributed by atoms with Crippen LogP contribution in [0.2, 0.25) is 0 Å². The van der Waals surface area contributed by atoms with Gasteiger partial charge in [-0.05, 0) is 112 Å². The molecular formula is C49H44N2O8. The number of carbonyl (C=O) groups is 4. The summed E-state index contributed by atoms with van der Waals surface area (Å²) in [5, 5.41) is 9.11. The SMILES string of the molecule is Cc1ccc(OC(=O)C2CCC(C(=O)Oc3ccc(OC(=O)C4CCC(C(=O)Oc5ccccc5)CC4)cc3/C=N/N=C3c4ccccc4-c4ccccc43)CC2)cc1. The molecule has 2 saturated carbocycles. The Kier molecular flexibility index (Phi) is 11.8. The number of nitrogens with zero attached hydrogens (tertiary/aromatic N) is 2. The Morgan fingerprint density at radius 1 is 0.475 bits per heavy atom. The molecule has 5 aromatic carbocycles. The number of rotatable bonds is 10. The number of esters is 4. The normalized spacial score (nSPS) is 19.6. The highest BCUT2D eigenvalue weighted by atomic mass is 16.5. The van der Waals surface area contributed by atoms with Gasteiger partial charge in [-0.15, -0.1) is 5.10 Å². The van der Waals surface area contributed by atoms with Crippen molar-refractivity contribution in [1.82, 2.24) is 0 Å². The third kappa shape index (κ3) is 9.23. The Morgan fingerprint density at radius 3 is 1.39 bits per heavy atom. The first kappa shape index (κ1) is 39.2. The van der Waals surface area contributed by atoms with Gasteiger partial charge in [-0.3, -0.25) is 19.2 Å². The molecule has 8 rings (SSSR count). The highest BCUT2D eigenvalue weighted by Gasteiger charge is 2.34. The summed E-state index contributed by atoms with van der Waals surface area (Å²) in [6.45, 7) is 1.97. The molecule has 0 spiro atoms. The quantitative estimate of drug-likeness (QED) is 0.0581. The van der Waals surface area contributed by atoms with Crippen molar-refractivity contribution in [1.29, 1.82) is 0 Å². The fourth-order valence-corrected chi connectivity index (χ4v) is 8.05. The van der Waals surface area contributed by atoms with Crippen LogP contribution in [0.1, 0.15) is 73.6 Å². The molecular weight excluding hydrogens is 745 g/mol. The number of hydrogen-bond donors (Lipinski definition) is 0. The van der Waals surface area contributed by atoms with Gasteiger partial charge in [0.25, 0.3) is 0 Å². The van der Waals surface area contributed by atoms with Gasteiger partial charge in [0.15, 0.2) is 0 Å². The number of para-hydroxylation sites is 1. The van der Waals surface area contributed by atoms with Crippen LogP contribution in [-0.2, 0) is 19.2 Å². The molecule has 59 heavy (non-hydrogen) atoms. The number of aryl methyl sites for hydroxylation is 1. The fourth-order valence-electron chi connectivity index (χ4n) is 8.05. The molecule has 3 aliphatic rings. The molecule has 0 heterocycles. The van der Waals surface area contributed by atoms with E-state index in [-0.39, 0.29) is 41.2 Å². The topological polar surface area (TPSA) is 130 Å². The van der Waals surface area contributed by atoms with Crippen molar-refractivity contribution in [2.45, 2.75) is 58.3 Å². The van der Waals surface area contributed by atoms with E-state index in [1.807, 2.05) is 73.7 Å². The molecule has 0 aliphatic heterocycles. The Hall–Kier alpha value is -6.68. The van der Waals surface area contributed by atoms with Crippen molar-refractivity contribution in [2.75, 3.05) is 0 Å². The Morgan fingerprint density at radius 2 is 0.881 bits per heavy atom. The zero-order valence-corrected chi connectivity index (χ0v) is 32.8. The molecule has 3 aliphatic carbocycles. The summed E-state index contributed by atoms with van der Waals surface area (Å²) in [5.74, 6) is -1.29. The Balaban J connectivity index is 0.954. The molecule has 5 aromatic rings. The molecule has 10 nitrogen and oxygen atoms in total. The molecule has 10 heteroatoms. The van der Waals surface area contributed by atoms with Gasteiger partial charge >= 0.3 is 23.9 Å². The Bertz CT molecular complexity index is 2360. The zero-order chi connectivity index (χ0) is 40.7. The van der Waals surface area contributed by atoms with Crippen LogP contribution >= 0.6 is 0 Å². The molecule has 0 bridgehead atoms.